The van der Waals surface area contributed by atoms with Crippen LogP contribution in [0, 0.1) is 0 Å². The largest absolute Gasteiger partial charge is 1.00 e. The van der Waals surface area contributed by atoms with Gasteiger partial charge in [-0.3, -0.25) is 9.28 Å². The molecule has 2 aromatic carbocycles. The second-order valence-corrected chi connectivity index (χ2v) is 6.80. The average molecular weight is 468 g/mol. The number of nitrogens with zero attached hydrogens (tertiary/aromatic N) is 1. The number of rotatable bonds is 6. The van der Waals surface area contributed by atoms with Crippen LogP contribution in [0.1, 0.15) is 15.9 Å². The van der Waals surface area contributed by atoms with Crippen LogP contribution < -0.4 is 33.8 Å². The molecule has 0 fully saturated rings. The van der Waals surface area contributed by atoms with E-state index in [4.69, 9.17) is 4.74 Å². The predicted octanol–water partition coefficient (Wildman–Crippen LogP) is -0.599. The lowest BCUT2D eigenvalue weighted by Gasteiger charge is -2.24. The minimum Gasteiger partial charge on any atom is -1.00 e. The highest BCUT2D eigenvalue weighted by Crippen LogP contribution is 2.18. The molecule has 0 bridgehead atoms. The van der Waals surface area contributed by atoms with Crippen LogP contribution in [0.5, 0.6) is 0 Å². The molecule has 0 saturated heterocycles. The van der Waals surface area contributed by atoms with E-state index < -0.39 is 12.0 Å². The topological polar surface area (TPSA) is 55.4 Å². The molecule has 5 nitrogen and oxygen atoms in total. The number of carbonyl (C=O) groups is 2. The number of quaternary nitrogens is 1. The summed E-state index contributed by atoms with van der Waals surface area (Å²) < 4.78 is 5.45. The Hall–Kier alpha value is -1.93. The van der Waals surface area contributed by atoms with Gasteiger partial charge in [-0.1, -0.05) is 36.4 Å². The molecule has 140 valence electrons. The van der Waals surface area contributed by atoms with Crippen molar-refractivity contribution in [3.05, 3.63) is 65.7 Å². The zero-order chi connectivity index (χ0) is 18.4. The SMILES string of the molecule is COC(=O)C(Cc1ccccc1)NC(=O)c1cccc([N+](C)(C)C)c1.[I-]. The van der Waals surface area contributed by atoms with Gasteiger partial charge in [-0.15, -0.1) is 0 Å². The molecule has 6 heteroatoms. The normalized spacial score (nSPS) is 11.8. The first-order valence-electron chi connectivity index (χ1n) is 8.16. The Kier molecular flexibility index (Phi) is 8.23. The van der Waals surface area contributed by atoms with Gasteiger partial charge in [0.25, 0.3) is 5.91 Å². The Bertz CT molecular complexity index is 742. The number of benzene rings is 2. The summed E-state index contributed by atoms with van der Waals surface area (Å²) in [5.74, 6) is -0.749. The maximum absolute atomic E-state index is 12.6. The van der Waals surface area contributed by atoms with Crippen molar-refractivity contribution in [1.29, 1.82) is 0 Å². The maximum Gasteiger partial charge on any atom is 0.328 e. The number of halogens is 1. The molecule has 0 radical (unpaired) electrons. The Labute approximate surface area is 172 Å². The third kappa shape index (κ3) is 6.10. The number of hydrogen-bond donors (Lipinski definition) is 1. The molecule has 0 aliphatic heterocycles. The van der Waals surface area contributed by atoms with Crippen LogP contribution >= 0.6 is 0 Å². The number of esters is 1. The van der Waals surface area contributed by atoms with Crippen LogP contribution in [0.3, 0.4) is 0 Å². The van der Waals surface area contributed by atoms with Crippen molar-refractivity contribution < 1.29 is 38.3 Å². The van der Waals surface area contributed by atoms with E-state index in [9.17, 15) is 9.59 Å². The molecular formula is C20H25IN2O3. The molecule has 0 aliphatic rings. The van der Waals surface area contributed by atoms with Gasteiger partial charge in [-0.25, -0.2) is 4.79 Å². The molecule has 26 heavy (non-hydrogen) atoms. The van der Waals surface area contributed by atoms with E-state index >= 15 is 0 Å². The molecule has 2 rings (SSSR count). The van der Waals surface area contributed by atoms with Crippen molar-refractivity contribution in [3.8, 4) is 0 Å². The Morgan fingerprint density at radius 3 is 2.27 bits per heavy atom. The van der Waals surface area contributed by atoms with Crippen molar-refractivity contribution in [2.75, 3.05) is 28.3 Å². The molecule has 1 atom stereocenters. The predicted molar refractivity (Wildman–Crippen MR) is 99.4 cm³/mol. The highest BCUT2D eigenvalue weighted by molar-refractivity contribution is 5.97. The zero-order valence-corrected chi connectivity index (χ0v) is 17.7. The molecule has 0 spiro atoms. The number of amides is 1. The van der Waals surface area contributed by atoms with Crippen LogP contribution in [0.2, 0.25) is 0 Å². The summed E-state index contributed by atoms with van der Waals surface area (Å²) in [6.45, 7) is 0. The lowest BCUT2D eigenvalue weighted by Crippen LogP contribution is -3.00. The van der Waals surface area contributed by atoms with Crippen LogP contribution in [0.4, 0.5) is 5.69 Å². The summed E-state index contributed by atoms with van der Waals surface area (Å²) in [5, 5.41) is 2.79. The first-order chi connectivity index (χ1) is 11.8. The van der Waals surface area contributed by atoms with Crippen molar-refractivity contribution in [2.45, 2.75) is 12.5 Å². The van der Waals surface area contributed by atoms with E-state index in [-0.39, 0.29) is 29.9 Å². The minimum atomic E-state index is -0.729. The van der Waals surface area contributed by atoms with Crippen molar-refractivity contribution in [3.63, 3.8) is 0 Å². The lowest BCUT2D eigenvalue weighted by molar-refractivity contribution is -0.142. The molecule has 0 saturated carbocycles. The Morgan fingerprint density at radius 2 is 1.69 bits per heavy atom. The fourth-order valence-corrected chi connectivity index (χ4v) is 2.49. The van der Waals surface area contributed by atoms with E-state index in [1.165, 1.54) is 7.11 Å². The van der Waals surface area contributed by atoms with E-state index in [2.05, 4.69) is 5.32 Å². The number of ether oxygens (including phenoxy) is 1. The number of carbonyl (C=O) groups excluding carboxylic acids is 2. The molecule has 0 heterocycles. The van der Waals surface area contributed by atoms with Gasteiger partial charge >= 0.3 is 5.97 Å². The van der Waals surface area contributed by atoms with Gasteiger partial charge in [0.15, 0.2) is 0 Å². The second-order valence-electron chi connectivity index (χ2n) is 6.80. The van der Waals surface area contributed by atoms with E-state index in [1.54, 1.807) is 6.07 Å². The van der Waals surface area contributed by atoms with Crippen molar-refractivity contribution >= 4 is 17.6 Å². The van der Waals surface area contributed by atoms with Gasteiger partial charge < -0.3 is 34.0 Å². The number of methoxy groups -OCH3 is 1. The van der Waals surface area contributed by atoms with E-state index in [0.717, 1.165) is 11.3 Å². The smallest absolute Gasteiger partial charge is 0.328 e. The molecule has 0 aromatic heterocycles. The second kappa shape index (κ2) is 9.68. The minimum absolute atomic E-state index is 0. The van der Waals surface area contributed by atoms with Gasteiger partial charge in [-0.2, -0.15) is 0 Å². The Morgan fingerprint density at radius 1 is 1.04 bits per heavy atom. The molecule has 1 N–H and O–H groups in total. The molecule has 1 unspecified atom stereocenters. The van der Waals surface area contributed by atoms with Crippen molar-refractivity contribution in [1.82, 2.24) is 9.80 Å². The first kappa shape index (κ1) is 22.1. The summed E-state index contributed by atoms with van der Waals surface area (Å²) in [6.07, 6.45) is 0.383. The van der Waals surface area contributed by atoms with Crippen LogP contribution in [0.25, 0.3) is 0 Å². The number of nitrogens with one attached hydrogen (secondary N) is 1. The third-order valence-electron chi connectivity index (χ3n) is 3.96. The van der Waals surface area contributed by atoms with Crippen LogP contribution in [0.15, 0.2) is 54.6 Å². The monoisotopic (exact) mass is 468 g/mol. The zero-order valence-electron chi connectivity index (χ0n) is 15.5. The average Bonchev–Trinajstić information content (AvgIpc) is 2.60. The molecular weight excluding hydrogens is 443 g/mol. The molecule has 2 aromatic rings. The summed E-state index contributed by atoms with van der Waals surface area (Å²) in [5.41, 5.74) is 2.48. The van der Waals surface area contributed by atoms with Crippen LogP contribution in [-0.4, -0.2) is 46.2 Å². The van der Waals surface area contributed by atoms with Gasteiger partial charge in [0.1, 0.15) is 11.7 Å². The highest BCUT2D eigenvalue weighted by Gasteiger charge is 2.23. The first-order valence-corrected chi connectivity index (χ1v) is 8.16. The lowest BCUT2D eigenvalue weighted by atomic mass is 10.1. The summed E-state index contributed by atoms with van der Waals surface area (Å²) >= 11 is 0. The number of hydrogen-bond acceptors (Lipinski definition) is 3. The summed E-state index contributed by atoms with van der Waals surface area (Å²) in [6, 6.07) is 16.2. The van der Waals surface area contributed by atoms with E-state index in [0.29, 0.717) is 16.5 Å². The Balaban J connectivity index is 0.00000338. The highest BCUT2D eigenvalue weighted by atomic mass is 127. The van der Waals surface area contributed by atoms with E-state index in [1.807, 2.05) is 69.7 Å². The van der Waals surface area contributed by atoms with Gasteiger partial charge in [-0.05, 0) is 17.7 Å². The van der Waals surface area contributed by atoms with Crippen molar-refractivity contribution in [2.24, 2.45) is 0 Å². The summed E-state index contributed by atoms with van der Waals surface area (Å²) in [4.78, 5) is 24.7. The fourth-order valence-electron chi connectivity index (χ4n) is 2.49. The van der Waals surface area contributed by atoms with Gasteiger partial charge in [0, 0.05) is 18.1 Å². The summed E-state index contributed by atoms with van der Waals surface area (Å²) in [7, 11) is 7.42. The van der Waals surface area contributed by atoms with Crippen LogP contribution in [-0.2, 0) is 16.0 Å². The standard InChI is InChI=1S/C20H24N2O3.HI/c1-22(2,3)17-12-8-11-16(14-17)19(23)21-18(20(24)25-4)13-15-9-6-5-7-10-15;/h5-12,14,18H,13H2,1-4H3;1H. The van der Waals surface area contributed by atoms with Gasteiger partial charge in [0.05, 0.1) is 28.3 Å². The van der Waals surface area contributed by atoms with Gasteiger partial charge in [0.2, 0.25) is 0 Å². The fraction of sp³-hybridized carbons (Fsp3) is 0.300. The molecule has 1 amide bonds. The third-order valence-corrected chi connectivity index (χ3v) is 3.96. The quantitative estimate of drug-likeness (QED) is 0.350. The molecule has 0 aliphatic carbocycles. The maximum atomic E-state index is 12.6.